The van der Waals surface area contributed by atoms with Gasteiger partial charge in [0.2, 0.25) is 0 Å². The summed E-state index contributed by atoms with van der Waals surface area (Å²) in [6, 6.07) is 10.7. The molecule has 0 aromatic heterocycles. The number of imide groups is 2. The number of nitrogens with one attached hydrogen (secondary N) is 1. The lowest BCUT2D eigenvalue weighted by atomic mass is 10.0. The third kappa shape index (κ3) is 3.59. The smallest absolute Gasteiger partial charge is 0.335 e. The second kappa shape index (κ2) is 7.96. The maximum Gasteiger partial charge on any atom is 0.335 e. The highest BCUT2D eigenvalue weighted by Crippen LogP contribution is 2.29. The number of urea groups is 1. The molecule has 2 aromatic rings. The fourth-order valence-electron chi connectivity index (χ4n) is 2.96. The van der Waals surface area contributed by atoms with Crippen LogP contribution < -0.4 is 15.0 Å². The second-order valence-electron chi connectivity index (χ2n) is 6.10. The minimum Gasteiger partial charge on any atom is -0.504 e. The molecule has 144 valence electrons. The summed E-state index contributed by atoms with van der Waals surface area (Å²) in [4.78, 5) is 38.6. The maximum absolute atomic E-state index is 13.0. The fourth-order valence-corrected chi connectivity index (χ4v) is 2.96. The van der Waals surface area contributed by atoms with Crippen LogP contribution in [0, 0.1) is 0 Å². The van der Waals surface area contributed by atoms with Crippen LogP contribution >= 0.6 is 0 Å². The van der Waals surface area contributed by atoms with Crippen LogP contribution in [0.4, 0.5) is 10.5 Å². The van der Waals surface area contributed by atoms with Gasteiger partial charge in [0.25, 0.3) is 11.8 Å². The molecule has 1 fully saturated rings. The standard InChI is InChI=1S/C21H20N2O5/c1-3-14-7-5-6-8-16(14)23-20(26)15(19(25)22-21(23)27)11-13-9-10-17(24)18(12-13)28-4-2/h5-12,24H,3-4H2,1-2H3,(H,22,25,27)/b15-11-. The van der Waals surface area contributed by atoms with Crippen molar-refractivity contribution in [2.24, 2.45) is 0 Å². The Balaban J connectivity index is 2.03. The summed E-state index contributed by atoms with van der Waals surface area (Å²) in [6.45, 7) is 4.04. The van der Waals surface area contributed by atoms with E-state index in [-0.39, 0.29) is 17.1 Å². The summed E-state index contributed by atoms with van der Waals surface area (Å²) < 4.78 is 5.33. The highest BCUT2D eigenvalue weighted by molar-refractivity contribution is 6.39. The Hall–Kier alpha value is -3.61. The molecule has 7 heteroatoms. The zero-order chi connectivity index (χ0) is 20.3. The number of para-hydroxylation sites is 1. The number of nitrogens with zero attached hydrogens (tertiary/aromatic N) is 1. The molecule has 0 saturated carbocycles. The number of barbiturate groups is 1. The molecule has 1 heterocycles. The van der Waals surface area contributed by atoms with Crippen LogP contribution in [0.3, 0.4) is 0 Å². The molecule has 0 atom stereocenters. The lowest BCUT2D eigenvalue weighted by Gasteiger charge is -2.28. The minimum atomic E-state index is -0.784. The normalized spacial score (nSPS) is 15.7. The fraction of sp³-hybridized carbons (Fsp3) is 0.190. The number of aryl methyl sites for hydroxylation is 1. The predicted molar refractivity (Wildman–Crippen MR) is 104 cm³/mol. The van der Waals surface area contributed by atoms with Gasteiger partial charge in [-0.15, -0.1) is 0 Å². The number of benzene rings is 2. The first-order valence-corrected chi connectivity index (χ1v) is 8.91. The molecule has 0 spiro atoms. The molecule has 1 aliphatic rings. The number of phenolic OH excluding ortho intramolecular Hbond substituents is 1. The van der Waals surface area contributed by atoms with Gasteiger partial charge in [0.15, 0.2) is 11.5 Å². The van der Waals surface area contributed by atoms with Crippen molar-refractivity contribution in [2.45, 2.75) is 20.3 Å². The van der Waals surface area contributed by atoms with Crippen LogP contribution in [0.1, 0.15) is 25.0 Å². The van der Waals surface area contributed by atoms with Crippen LogP contribution in [-0.4, -0.2) is 29.6 Å². The van der Waals surface area contributed by atoms with Crippen LogP contribution in [0.25, 0.3) is 6.08 Å². The van der Waals surface area contributed by atoms with E-state index < -0.39 is 17.8 Å². The van der Waals surface area contributed by atoms with Gasteiger partial charge in [-0.1, -0.05) is 31.2 Å². The van der Waals surface area contributed by atoms with Gasteiger partial charge in [0.05, 0.1) is 12.3 Å². The Kier molecular flexibility index (Phi) is 5.44. The Morgan fingerprint density at radius 3 is 2.57 bits per heavy atom. The number of hydrogen-bond donors (Lipinski definition) is 2. The van der Waals surface area contributed by atoms with Crippen molar-refractivity contribution in [3.63, 3.8) is 0 Å². The SMILES string of the molecule is CCOc1cc(/C=C2/C(=O)NC(=O)N(c3ccccc3CC)C2=O)ccc1O. The molecule has 4 amide bonds. The number of carbonyl (C=O) groups is 3. The molecule has 0 bridgehead atoms. The number of amides is 4. The number of ether oxygens (including phenoxy) is 1. The number of anilines is 1. The molecule has 0 aliphatic carbocycles. The zero-order valence-electron chi connectivity index (χ0n) is 15.6. The average Bonchev–Trinajstić information content (AvgIpc) is 2.68. The van der Waals surface area contributed by atoms with Crippen LogP contribution in [0.5, 0.6) is 11.5 Å². The quantitative estimate of drug-likeness (QED) is 0.614. The molecular weight excluding hydrogens is 360 g/mol. The molecule has 28 heavy (non-hydrogen) atoms. The van der Waals surface area contributed by atoms with Gasteiger partial charge in [-0.05, 0) is 48.7 Å². The van der Waals surface area contributed by atoms with Crippen molar-refractivity contribution >= 4 is 29.6 Å². The minimum absolute atomic E-state index is 0.0444. The van der Waals surface area contributed by atoms with Crippen LogP contribution in [-0.2, 0) is 16.0 Å². The number of hydrogen-bond acceptors (Lipinski definition) is 5. The van der Waals surface area contributed by atoms with E-state index in [1.807, 2.05) is 19.1 Å². The molecule has 0 unspecified atom stereocenters. The topological polar surface area (TPSA) is 95.9 Å². The summed E-state index contributed by atoms with van der Waals surface area (Å²) in [6.07, 6.45) is 1.99. The first-order chi connectivity index (χ1) is 13.5. The summed E-state index contributed by atoms with van der Waals surface area (Å²) in [7, 11) is 0. The molecule has 1 aliphatic heterocycles. The molecule has 2 aromatic carbocycles. The van der Waals surface area contributed by atoms with E-state index in [9.17, 15) is 19.5 Å². The third-order valence-electron chi connectivity index (χ3n) is 4.31. The summed E-state index contributed by atoms with van der Waals surface area (Å²) in [5.41, 5.74) is 1.55. The van der Waals surface area contributed by atoms with Gasteiger partial charge in [0, 0.05) is 0 Å². The van der Waals surface area contributed by atoms with Crippen molar-refractivity contribution in [3.05, 3.63) is 59.2 Å². The first kappa shape index (κ1) is 19.2. The zero-order valence-corrected chi connectivity index (χ0v) is 15.6. The monoisotopic (exact) mass is 380 g/mol. The molecule has 2 N–H and O–H groups in total. The lowest BCUT2D eigenvalue weighted by molar-refractivity contribution is -0.122. The summed E-state index contributed by atoms with van der Waals surface area (Å²) in [5, 5.41) is 12.0. The van der Waals surface area contributed by atoms with Crippen molar-refractivity contribution in [3.8, 4) is 11.5 Å². The molecule has 0 radical (unpaired) electrons. The van der Waals surface area contributed by atoms with Gasteiger partial charge in [0.1, 0.15) is 5.57 Å². The second-order valence-corrected chi connectivity index (χ2v) is 6.10. The van der Waals surface area contributed by atoms with E-state index in [0.29, 0.717) is 24.3 Å². The number of phenols is 1. The summed E-state index contributed by atoms with van der Waals surface area (Å²) >= 11 is 0. The number of rotatable bonds is 5. The van der Waals surface area contributed by atoms with Gasteiger partial charge >= 0.3 is 6.03 Å². The van der Waals surface area contributed by atoms with Crippen LogP contribution in [0.2, 0.25) is 0 Å². The summed E-state index contributed by atoms with van der Waals surface area (Å²) in [5.74, 6) is -1.28. The molecular formula is C21H20N2O5. The maximum atomic E-state index is 13.0. The van der Waals surface area contributed by atoms with E-state index in [2.05, 4.69) is 5.32 Å². The average molecular weight is 380 g/mol. The largest absolute Gasteiger partial charge is 0.504 e. The van der Waals surface area contributed by atoms with Crippen molar-refractivity contribution in [1.82, 2.24) is 5.32 Å². The Morgan fingerprint density at radius 1 is 1.11 bits per heavy atom. The van der Waals surface area contributed by atoms with Gasteiger partial charge in [-0.3, -0.25) is 14.9 Å². The van der Waals surface area contributed by atoms with E-state index in [1.54, 1.807) is 25.1 Å². The van der Waals surface area contributed by atoms with Gasteiger partial charge in [-0.25, -0.2) is 9.69 Å². The molecule has 1 saturated heterocycles. The van der Waals surface area contributed by atoms with Gasteiger partial charge < -0.3 is 9.84 Å². The van der Waals surface area contributed by atoms with Crippen LogP contribution in [0.15, 0.2) is 48.0 Å². The predicted octanol–water partition coefficient (Wildman–Crippen LogP) is 3.02. The third-order valence-corrected chi connectivity index (χ3v) is 4.31. The Morgan fingerprint density at radius 2 is 1.86 bits per heavy atom. The number of aromatic hydroxyl groups is 1. The van der Waals surface area contributed by atoms with E-state index in [1.165, 1.54) is 18.2 Å². The van der Waals surface area contributed by atoms with Crippen molar-refractivity contribution in [1.29, 1.82) is 0 Å². The van der Waals surface area contributed by atoms with Crippen molar-refractivity contribution < 1.29 is 24.2 Å². The Labute approximate surface area is 162 Å². The highest BCUT2D eigenvalue weighted by atomic mass is 16.5. The molecule has 3 rings (SSSR count). The molecule has 7 nitrogen and oxygen atoms in total. The van der Waals surface area contributed by atoms with Gasteiger partial charge in [-0.2, -0.15) is 0 Å². The first-order valence-electron chi connectivity index (χ1n) is 8.91. The van der Waals surface area contributed by atoms with Crippen molar-refractivity contribution in [2.75, 3.05) is 11.5 Å². The van der Waals surface area contributed by atoms with E-state index in [0.717, 1.165) is 10.5 Å². The van der Waals surface area contributed by atoms with E-state index in [4.69, 9.17) is 4.74 Å². The number of carbonyl (C=O) groups excluding carboxylic acids is 3. The lowest BCUT2D eigenvalue weighted by Crippen LogP contribution is -2.54. The Bertz CT molecular complexity index is 981. The van der Waals surface area contributed by atoms with E-state index >= 15 is 0 Å². The highest BCUT2D eigenvalue weighted by Gasteiger charge is 2.37.